The first-order valence-corrected chi connectivity index (χ1v) is 9.02. The molecule has 0 spiro atoms. The third kappa shape index (κ3) is 4.03. The minimum absolute atomic E-state index is 0.0457. The van der Waals surface area contributed by atoms with E-state index in [9.17, 15) is 4.79 Å². The Bertz CT molecular complexity index is 956. The number of methoxy groups -OCH3 is 1. The van der Waals surface area contributed by atoms with Gasteiger partial charge in [0.2, 0.25) is 0 Å². The van der Waals surface area contributed by atoms with E-state index in [2.05, 4.69) is 18.3 Å². The van der Waals surface area contributed by atoms with Gasteiger partial charge in [0.25, 0.3) is 5.91 Å². The lowest BCUT2D eigenvalue weighted by molar-refractivity contribution is 0.0935. The number of ether oxygens (including phenoxy) is 1. The Balaban J connectivity index is 2.11. The number of amides is 1. The predicted octanol–water partition coefficient (Wildman–Crippen LogP) is 4.30. The van der Waals surface area contributed by atoms with Crippen LogP contribution in [0.1, 0.15) is 35.5 Å². The Morgan fingerprint density at radius 1 is 1.07 bits per heavy atom. The second kappa shape index (κ2) is 7.66. The van der Waals surface area contributed by atoms with Crippen LogP contribution in [0.25, 0.3) is 16.9 Å². The van der Waals surface area contributed by atoms with Crippen LogP contribution in [-0.2, 0) is 0 Å². The number of carbonyl (C=O) groups excluding carboxylic acids is 1. The highest BCUT2D eigenvalue weighted by Gasteiger charge is 2.19. The van der Waals surface area contributed by atoms with Gasteiger partial charge in [-0.05, 0) is 69.7 Å². The molecule has 0 saturated carbocycles. The van der Waals surface area contributed by atoms with Crippen LogP contribution in [0, 0.1) is 13.8 Å². The van der Waals surface area contributed by atoms with E-state index in [-0.39, 0.29) is 11.9 Å². The van der Waals surface area contributed by atoms with E-state index in [1.165, 1.54) is 5.56 Å². The molecule has 27 heavy (non-hydrogen) atoms. The highest BCUT2D eigenvalue weighted by atomic mass is 16.5. The van der Waals surface area contributed by atoms with Gasteiger partial charge in [-0.2, -0.15) is 5.10 Å². The summed E-state index contributed by atoms with van der Waals surface area (Å²) in [4.78, 5) is 12.8. The number of nitrogens with zero attached hydrogens (tertiary/aromatic N) is 2. The number of hydrogen-bond acceptors (Lipinski definition) is 3. The van der Waals surface area contributed by atoms with Crippen molar-refractivity contribution in [1.29, 1.82) is 0 Å². The fourth-order valence-corrected chi connectivity index (χ4v) is 3.01. The van der Waals surface area contributed by atoms with Crippen molar-refractivity contribution < 1.29 is 9.53 Å². The molecule has 3 rings (SSSR count). The molecule has 0 bridgehead atoms. The molecule has 1 aromatic heterocycles. The lowest BCUT2D eigenvalue weighted by atomic mass is 10.1. The Morgan fingerprint density at radius 3 is 2.37 bits per heavy atom. The monoisotopic (exact) mass is 363 g/mol. The highest BCUT2D eigenvalue weighted by Crippen LogP contribution is 2.25. The van der Waals surface area contributed by atoms with Crippen LogP contribution in [0.15, 0.2) is 48.5 Å². The molecule has 0 fully saturated rings. The molecule has 3 aromatic rings. The third-order valence-electron chi connectivity index (χ3n) is 4.33. The fourth-order valence-electron chi connectivity index (χ4n) is 3.01. The van der Waals surface area contributed by atoms with Gasteiger partial charge in [-0.25, -0.2) is 4.68 Å². The number of carbonyl (C=O) groups is 1. The van der Waals surface area contributed by atoms with Crippen LogP contribution < -0.4 is 10.1 Å². The summed E-state index contributed by atoms with van der Waals surface area (Å²) in [7, 11) is 1.64. The van der Waals surface area contributed by atoms with Crippen molar-refractivity contribution in [2.24, 2.45) is 0 Å². The minimum Gasteiger partial charge on any atom is -0.497 e. The molecule has 0 aliphatic carbocycles. The average molecular weight is 363 g/mol. The quantitative estimate of drug-likeness (QED) is 0.735. The number of hydrogen-bond donors (Lipinski definition) is 1. The van der Waals surface area contributed by atoms with Crippen molar-refractivity contribution in [3.05, 3.63) is 65.4 Å². The van der Waals surface area contributed by atoms with Crippen molar-refractivity contribution >= 4 is 5.91 Å². The van der Waals surface area contributed by atoms with Gasteiger partial charge in [-0.3, -0.25) is 4.79 Å². The second-order valence-corrected chi connectivity index (χ2v) is 6.97. The topological polar surface area (TPSA) is 56.1 Å². The van der Waals surface area contributed by atoms with Gasteiger partial charge < -0.3 is 10.1 Å². The van der Waals surface area contributed by atoms with Gasteiger partial charge >= 0.3 is 0 Å². The molecule has 0 atom stereocenters. The Kier molecular flexibility index (Phi) is 5.31. The van der Waals surface area contributed by atoms with E-state index in [1.54, 1.807) is 11.8 Å². The SMILES string of the molecule is COc1ccc(-c2cc(C(=O)NC(C)C)n(-c3ccc(C)cc3C)n2)cc1. The van der Waals surface area contributed by atoms with Crippen molar-refractivity contribution in [3.8, 4) is 22.7 Å². The largest absolute Gasteiger partial charge is 0.497 e. The van der Waals surface area contributed by atoms with Gasteiger partial charge in [0.15, 0.2) is 0 Å². The molecular formula is C22H25N3O2. The van der Waals surface area contributed by atoms with Crippen molar-refractivity contribution in [2.45, 2.75) is 33.7 Å². The molecule has 0 saturated heterocycles. The predicted molar refractivity (Wildman–Crippen MR) is 108 cm³/mol. The number of rotatable bonds is 5. The maximum atomic E-state index is 12.8. The Morgan fingerprint density at radius 2 is 1.78 bits per heavy atom. The van der Waals surface area contributed by atoms with Gasteiger partial charge in [0.05, 0.1) is 18.5 Å². The zero-order valence-corrected chi connectivity index (χ0v) is 16.4. The smallest absolute Gasteiger partial charge is 0.270 e. The Hall–Kier alpha value is -3.08. The molecule has 5 nitrogen and oxygen atoms in total. The molecule has 0 radical (unpaired) electrons. The summed E-state index contributed by atoms with van der Waals surface area (Å²) < 4.78 is 6.95. The van der Waals surface area contributed by atoms with E-state index >= 15 is 0 Å². The molecular weight excluding hydrogens is 338 g/mol. The lowest BCUT2D eigenvalue weighted by Gasteiger charge is -2.12. The second-order valence-electron chi connectivity index (χ2n) is 6.97. The van der Waals surface area contributed by atoms with Gasteiger partial charge in [0.1, 0.15) is 11.4 Å². The van der Waals surface area contributed by atoms with Crippen LogP contribution in [0.3, 0.4) is 0 Å². The molecule has 0 aliphatic rings. The summed E-state index contributed by atoms with van der Waals surface area (Å²) in [5.74, 6) is 0.641. The van der Waals surface area contributed by atoms with E-state index < -0.39 is 0 Å². The standard InChI is InChI=1S/C22H25N3O2/c1-14(2)23-22(26)21-13-19(17-7-9-18(27-5)10-8-17)24-25(21)20-11-6-15(3)12-16(20)4/h6-14H,1-5H3,(H,23,26). The molecule has 1 N–H and O–H groups in total. The number of aryl methyl sites for hydroxylation is 2. The summed E-state index contributed by atoms with van der Waals surface area (Å²) in [5.41, 5.74) is 5.32. The average Bonchev–Trinajstić information content (AvgIpc) is 3.06. The summed E-state index contributed by atoms with van der Waals surface area (Å²) in [5, 5.41) is 7.70. The van der Waals surface area contributed by atoms with E-state index in [0.29, 0.717) is 5.69 Å². The molecule has 140 valence electrons. The normalized spacial score (nSPS) is 10.9. The molecule has 0 unspecified atom stereocenters. The highest BCUT2D eigenvalue weighted by molar-refractivity contribution is 5.94. The zero-order chi connectivity index (χ0) is 19.6. The zero-order valence-electron chi connectivity index (χ0n) is 16.4. The number of nitrogens with one attached hydrogen (secondary N) is 1. The van der Waals surface area contributed by atoms with E-state index in [4.69, 9.17) is 9.84 Å². The van der Waals surface area contributed by atoms with Crippen molar-refractivity contribution in [1.82, 2.24) is 15.1 Å². The molecule has 2 aromatic carbocycles. The number of benzene rings is 2. The van der Waals surface area contributed by atoms with Crippen LogP contribution in [0.2, 0.25) is 0 Å². The summed E-state index contributed by atoms with van der Waals surface area (Å²) in [6, 6.07) is 15.7. The maximum Gasteiger partial charge on any atom is 0.270 e. The first kappa shape index (κ1) is 18.7. The van der Waals surface area contributed by atoms with E-state index in [0.717, 1.165) is 28.3 Å². The Labute approximate surface area is 160 Å². The van der Waals surface area contributed by atoms with Gasteiger partial charge in [-0.1, -0.05) is 17.7 Å². The van der Waals surface area contributed by atoms with E-state index in [1.807, 2.05) is 63.2 Å². The maximum absolute atomic E-state index is 12.8. The van der Waals surface area contributed by atoms with Crippen LogP contribution in [0.5, 0.6) is 5.75 Å². The fraction of sp³-hybridized carbons (Fsp3) is 0.273. The van der Waals surface area contributed by atoms with Crippen LogP contribution in [0.4, 0.5) is 0 Å². The van der Waals surface area contributed by atoms with Crippen molar-refractivity contribution in [2.75, 3.05) is 7.11 Å². The van der Waals surface area contributed by atoms with Crippen LogP contribution >= 0.6 is 0 Å². The summed E-state index contributed by atoms with van der Waals surface area (Å²) >= 11 is 0. The van der Waals surface area contributed by atoms with Crippen LogP contribution in [-0.4, -0.2) is 28.8 Å². The first-order chi connectivity index (χ1) is 12.9. The molecule has 0 aliphatic heterocycles. The molecule has 1 amide bonds. The molecule has 5 heteroatoms. The van der Waals surface area contributed by atoms with Crippen molar-refractivity contribution in [3.63, 3.8) is 0 Å². The number of aromatic nitrogens is 2. The summed E-state index contributed by atoms with van der Waals surface area (Å²) in [6.45, 7) is 7.97. The lowest BCUT2D eigenvalue weighted by Crippen LogP contribution is -2.31. The third-order valence-corrected chi connectivity index (χ3v) is 4.33. The summed E-state index contributed by atoms with van der Waals surface area (Å²) in [6.07, 6.45) is 0. The van der Waals surface area contributed by atoms with Gasteiger partial charge in [0, 0.05) is 11.6 Å². The minimum atomic E-state index is -0.141. The van der Waals surface area contributed by atoms with Gasteiger partial charge in [-0.15, -0.1) is 0 Å². The first-order valence-electron chi connectivity index (χ1n) is 9.02. The molecule has 1 heterocycles.